The largest absolute Gasteiger partial charge is 0.378 e. The number of rotatable bonds is 2. The molecule has 1 fully saturated rings. The molecular weight excluding hydrogens is 211 g/mol. The number of benzene rings is 1. The van der Waals surface area contributed by atoms with E-state index in [1.165, 1.54) is 24.3 Å². The van der Waals surface area contributed by atoms with Gasteiger partial charge in [0.25, 0.3) is 0 Å². The summed E-state index contributed by atoms with van der Waals surface area (Å²) in [6.07, 6.45) is 0. The molecular formula is C11H13FN2O2. The Morgan fingerprint density at radius 1 is 1.44 bits per heavy atom. The van der Waals surface area contributed by atoms with Gasteiger partial charge in [-0.2, -0.15) is 0 Å². The van der Waals surface area contributed by atoms with Crippen LogP contribution in [0.2, 0.25) is 0 Å². The maximum absolute atomic E-state index is 12.6. The van der Waals surface area contributed by atoms with Crippen molar-refractivity contribution in [3.63, 3.8) is 0 Å². The standard InChI is InChI=1S/C11H13FN2O2/c12-8-1-3-9(4-2-8)14-11(15)10-7-16-6-5-13-10/h1-4,10,13H,5-7H2,(H,14,15)/t10-/m1/s1. The van der Waals surface area contributed by atoms with Gasteiger partial charge in [0.05, 0.1) is 13.2 Å². The second-order valence-electron chi connectivity index (χ2n) is 3.58. The van der Waals surface area contributed by atoms with Gasteiger partial charge in [0.2, 0.25) is 5.91 Å². The highest BCUT2D eigenvalue weighted by molar-refractivity contribution is 5.94. The summed E-state index contributed by atoms with van der Waals surface area (Å²) in [6.45, 7) is 1.66. The van der Waals surface area contributed by atoms with Crippen LogP contribution in [0, 0.1) is 5.82 Å². The average Bonchev–Trinajstić information content (AvgIpc) is 2.33. The van der Waals surface area contributed by atoms with Crippen LogP contribution < -0.4 is 10.6 Å². The van der Waals surface area contributed by atoms with Crippen LogP contribution >= 0.6 is 0 Å². The molecule has 1 saturated heterocycles. The predicted molar refractivity (Wildman–Crippen MR) is 57.6 cm³/mol. The summed E-state index contributed by atoms with van der Waals surface area (Å²) < 4.78 is 17.8. The molecule has 0 radical (unpaired) electrons. The van der Waals surface area contributed by atoms with E-state index in [0.717, 1.165) is 0 Å². The van der Waals surface area contributed by atoms with E-state index < -0.39 is 0 Å². The minimum atomic E-state index is -0.334. The molecule has 4 nitrogen and oxygen atoms in total. The first-order chi connectivity index (χ1) is 7.75. The van der Waals surface area contributed by atoms with Crippen LogP contribution in [0.4, 0.5) is 10.1 Å². The third kappa shape index (κ3) is 2.77. The highest BCUT2D eigenvalue weighted by Crippen LogP contribution is 2.09. The topological polar surface area (TPSA) is 50.4 Å². The number of hydrogen-bond acceptors (Lipinski definition) is 3. The number of hydrogen-bond donors (Lipinski definition) is 2. The van der Waals surface area contributed by atoms with E-state index in [9.17, 15) is 9.18 Å². The zero-order valence-corrected chi connectivity index (χ0v) is 8.70. The van der Waals surface area contributed by atoms with Gasteiger partial charge >= 0.3 is 0 Å². The summed E-state index contributed by atoms with van der Waals surface area (Å²) in [7, 11) is 0. The first kappa shape index (κ1) is 11.0. The molecule has 1 amide bonds. The van der Waals surface area contributed by atoms with Gasteiger partial charge in [-0.1, -0.05) is 0 Å². The lowest BCUT2D eigenvalue weighted by atomic mass is 10.2. The minimum Gasteiger partial charge on any atom is -0.378 e. The van der Waals surface area contributed by atoms with Crippen molar-refractivity contribution in [2.75, 3.05) is 25.1 Å². The number of morpholine rings is 1. The molecule has 2 rings (SSSR count). The molecule has 1 aromatic carbocycles. The Kier molecular flexibility index (Phi) is 3.48. The first-order valence-electron chi connectivity index (χ1n) is 5.13. The molecule has 0 bridgehead atoms. The van der Waals surface area contributed by atoms with Crippen molar-refractivity contribution in [1.82, 2.24) is 5.32 Å². The predicted octanol–water partition coefficient (Wildman–Crippen LogP) is 0.753. The number of anilines is 1. The van der Waals surface area contributed by atoms with Gasteiger partial charge in [-0.15, -0.1) is 0 Å². The molecule has 1 aliphatic rings. The quantitative estimate of drug-likeness (QED) is 0.779. The van der Waals surface area contributed by atoms with Crippen LogP contribution in [0.5, 0.6) is 0 Å². The molecule has 0 saturated carbocycles. The van der Waals surface area contributed by atoms with Crippen LogP contribution in [0.1, 0.15) is 0 Å². The lowest BCUT2D eigenvalue weighted by Crippen LogP contribution is -2.48. The molecule has 1 aromatic rings. The summed E-state index contributed by atoms with van der Waals surface area (Å²) in [5.74, 6) is -0.483. The fraction of sp³-hybridized carbons (Fsp3) is 0.364. The smallest absolute Gasteiger partial charge is 0.243 e. The third-order valence-electron chi connectivity index (χ3n) is 2.35. The Balaban J connectivity index is 1.93. The van der Waals surface area contributed by atoms with Crippen LogP contribution in [-0.4, -0.2) is 31.7 Å². The van der Waals surface area contributed by atoms with E-state index in [1.807, 2.05) is 0 Å². The number of ether oxygens (including phenoxy) is 1. The van der Waals surface area contributed by atoms with Crippen LogP contribution in [0.15, 0.2) is 24.3 Å². The molecule has 16 heavy (non-hydrogen) atoms. The zero-order chi connectivity index (χ0) is 11.4. The van der Waals surface area contributed by atoms with Crippen molar-refractivity contribution in [3.8, 4) is 0 Å². The highest BCUT2D eigenvalue weighted by atomic mass is 19.1. The summed E-state index contributed by atoms with van der Waals surface area (Å²) in [5.41, 5.74) is 0.582. The van der Waals surface area contributed by atoms with E-state index in [1.54, 1.807) is 0 Å². The van der Waals surface area contributed by atoms with Gasteiger partial charge in [-0.25, -0.2) is 4.39 Å². The van der Waals surface area contributed by atoms with Crippen molar-refractivity contribution in [1.29, 1.82) is 0 Å². The lowest BCUT2D eigenvalue weighted by molar-refractivity contribution is -0.120. The van der Waals surface area contributed by atoms with Gasteiger partial charge in [0, 0.05) is 12.2 Å². The van der Waals surface area contributed by atoms with E-state index in [2.05, 4.69) is 10.6 Å². The molecule has 0 aromatic heterocycles. The molecule has 0 aliphatic carbocycles. The monoisotopic (exact) mass is 224 g/mol. The van der Waals surface area contributed by atoms with Gasteiger partial charge in [-0.05, 0) is 24.3 Å². The molecule has 0 spiro atoms. The highest BCUT2D eigenvalue weighted by Gasteiger charge is 2.20. The molecule has 5 heteroatoms. The fourth-order valence-electron chi connectivity index (χ4n) is 1.50. The Morgan fingerprint density at radius 3 is 2.81 bits per heavy atom. The van der Waals surface area contributed by atoms with Gasteiger partial charge in [0.15, 0.2) is 0 Å². The van der Waals surface area contributed by atoms with Crippen molar-refractivity contribution in [3.05, 3.63) is 30.1 Å². The lowest BCUT2D eigenvalue weighted by Gasteiger charge is -2.22. The molecule has 86 valence electrons. The zero-order valence-electron chi connectivity index (χ0n) is 8.70. The van der Waals surface area contributed by atoms with Crippen molar-refractivity contribution in [2.45, 2.75) is 6.04 Å². The number of carbonyl (C=O) groups is 1. The van der Waals surface area contributed by atoms with Gasteiger partial charge < -0.3 is 15.4 Å². The Labute approximate surface area is 92.8 Å². The second-order valence-corrected chi connectivity index (χ2v) is 3.58. The SMILES string of the molecule is O=C(Nc1ccc(F)cc1)[C@H]1COCCN1. The fourth-order valence-corrected chi connectivity index (χ4v) is 1.50. The Morgan fingerprint density at radius 2 is 2.19 bits per heavy atom. The average molecular weight is 224 g/mol. The summed E-state index contributed by atoms with van der Waals surface area (Å²) in [6, 6.07) is 5.33. The van der Waals surface area contributed by atoms with Gasteiger partial charge in [-0.3, -0.25) is 4.79 Å². The minimum absolute atomic E-state index is 0.161. The van der Waals surface area contributed by atoms with E-state index in [4.69, 9.17) is 4.74 Å². The summed E-state index contributed by atoms with van der Waals surface area (Å²) >= 11 is 0. The first-order valence-corrected chi connectivity index (χ1v) is 5.13. The van der Waals surface area contributed by atoms with E-state index in [-0.39, 0.29) is 17.8 Å². The van der Waals surface area contributed by atoms with Crippen LogP contribution in [0.25, 0.3) is 0 Å². The molecule has 1 aliphatic heterocycles. The van der Waals surface area contributed by atoms with E-state index >= 15 is 0 Å². The van der Waals surface area contributed by atoms with Gasteiger partial charge in [0.1, 0.15) is 11.9 Å². The van der Waals surface area contributed by atoms with Crippen molar-refractivity contribution < 1.29 is 13.9 Å². The normalized spacial score (nSPS) is 20.4. The van der Waals surface area contributed by atoms with Crippen LogP contribution in [-0.2, 0) is 9.53 Å². The molecule has 0 unspecified atom stereocenters. The second kappa shape index (κ2) is 5.05. The van der Waals surface area contributed by atoms with Crippen molar-refractivity contribution >= 4 is 11.6 Å². The Hall–Kier alpha value is -1.46. The maximum Gasteiger partial charge on any atom is 0.243 e. The summed E-state index contributed by atoms with van der Waals surface area (Å²) in [5, 5.41) is 5.73. The molecule has 1 atom stereocenters. The number of halogens is 1. The molecule has 2 N–H and O–H groups in total. The Bertz CT molecular complexity index is 361. The maximum atomic E-state index is 12.6. The number of carbonyl (C=O) groups excluding carboxylic acids is 1. The number of nitrogens with one attached hydrogen (secondary N) is 2. The molecule has 1 heterocycles. The van der Waals surface area contributed by atoms with E-state index in [0.29, 0.717) is 25.4 Å². The number of amides is 1. The van der Waals surface area contributed by atoms with Crippen LogP contribution in [0.3, 0.4) is 0 Å². The third-order valence-corrected chi connectivity index (χ3v) is 2.35. The van der Waals surface area contributed by atoms with Crippen molar-refractivity contribution in [2.24, 2.45) is 0 Å². The summed E-state index contributed by atoms with van der Waals surface area (Å²) in [4.78, 5) is 11.7.